The zero-order valence-electron chi connectivity index (χ0n) is 21.2. The van der Waals surface area contributed by atoms with Crippen LogP contribution in [-0.4, -0.2) is 43.0 Å². The topological polar surface area (TPSA) is 61.9 Å². The van der Waals surface area contributed by atoms with E-state index in [4.69, 9.17) is 4.74 Å². The van der Waals surface area contributed by atoms with Gasteiger partial charge in [0, 0.05) is 31.0 Å². The summed E-state index contributed by atoms with van der Waals surface area (Å²) in [5.41, 5.74) is 3.31. The van der Waals surface area contributed by atoms with Crippen LogP contribution >= 0.6 is 0 Å². The van der Waals surface area contributed by atoms with E-state index < -0.39 is 0 Å². The summed E-state index contributed by atoms with van der Waals surface area (Å²) in [6.45, 7) is 15.3. The van der Waals surface area contributed by atoms with E-state index in [2.05, 4.69) is 37.9 Å². The molecule has 0 aliphatic carbocycles. The van der Waals surface area contributed by atoms with Crippen molar-refractivity contribution in [2.75, 3.05) is 36.5 Å². The number of benzene rings is 2. The van der Waals surface area contributed by atoms with Crippen molar-refractivity contribution in [2.24, 2.45) is 11.8 Å². The van der Waals surface area contributed by atoms with Crippen LogP contribution in [0.2, 0.25) is 0 Å². The summed E-state index contributed by atoms with van der Waals surface area (Å²) in [4.78, 5) is 30.2. The quantitative estimate of drug-likeness (QED) is 0.451. The van der Waals surface area contributed by atoms with Crippen molar-refractivity contribution in [3.8, 4) is 5.75 Å². The molecule has 1 heterocycles. The molecule has 6 heteroatoms. The van der Waals surface area contributed by atoms with Crippen molar-refractivity contribution in [1.82, 2.24) is 4.90 Å². The van der Waals surface area contributed by atoms with Crippen LogP contribution in [0.15, 0.2) is 54.2 Å². The normalized spacial score (nSPS) is 13.9. The molecular weight excluding hydrogens is 426 g/mol. The molecule has 1 aliphatic heterocycles. The molecule has 2 amide bonds. The lowest BCUT2D eigenvalue weighted by molar-refractivity contribution is -0.137. The Morgan fingerprint density at radius 1 is 0.853 bits per heavy atom. The van der Waals surface area contributed by atoms with Crippen molar-refractivity contribution in [2.45, 2.75) is 41.5 Å². The summed E-state index contributed by atoms with van der Waals surface area (Å²) in [5.74, 6) is 0.785. The van der Waals surface area contributed by atoms with Crippen LogP contribution in [0.5, 0.6) is 5.75 Å². The molecule has 182 valence electrons. The predicted molar refractivity (Wildman–Crippen MR) is 139 cm³/mol. The number of hydrogen-bond acceptors (Lipinski definition) is 5. The zero-order valence-corrected chi connectivity index (χ0v) is 21.2. The highest BCUT2D eigenvalue weighted by atomic mass is 16.5. The summed E-state index contributed by atoms with van der Waals surface area (Å²) in [6, 6.07) is 15.4. The van der Waals surface area contributed by atoms with Gasteiger partial charge in [-0.25, -0.2) is 0 Å². The van der Waals surface area contributed by atoms with Crippen molar-refractivity contribution in [3.05, 3.63) is 59.8 Å². The molecule has 0 unspecified atom stereocenters. The van der Waals surface area contributed by atoms with E-state index in [1.807, 2.05) is 62.4 Å². The van der Waals surface area contributed by atoms with Gasteiger partial charge >= 0.3 is 0 Å². The number of rotatable bonds is 11. The Balaban J connectivity index is 1.93. The average molecular weight is 464 g/mol. The van der Waals surface area contributed by atoms with Gasteiger partial charge in [0.05, 0.1) is 12.2 Å². The molecule has 0 radical (unpaired) electrons. The minimum absolute atomic E-state index is 0.175. The average Bonchev–Trinajstić information content (AvgIpc) is 3.03. The summed E-state index contributed by atoms with van der Waals surface area (Å²) < 4.78 is 5.78. The van der Waals surface area contributed by atoms with E-state index in [1.165, 1.54) is 4.90 Å². The standard InChI is InChI=1S/C28H37N3O3/c1-7-30(8-2)23-13-11-22(12-14-23)29-26-25(27(32)31(28(26)33)17-19(3)4)21-9-15-24(16-10-21)34-18-20(5)6/h9-16,19-20,29H,7-8,17-18H2,1-6H3. The maximum absolute atomic E-state index is 13.3. The number of carbonyl (C=O) groups excluding carboxylic acids is 2. The third-order valence-corrected chi connectivity index (χ3v) is 5.71. The Morgan fingerprint density at radius 2 is 1.47 bits per heavy atom. The number of nitrogens with zero attached hydrogens (tertiary/aromatic N) is 2. The number of anilines is 2. The second-order valence-corrected chi connectivity index (χ2v) is 9.44. The highest BCUT2D eigenvalue weighted by Crippen LogP contribution is 2.32. The molecule has 1 N–H and O–H groups in total. The Bertz CT molecular complexity index is 1020. The van der Waals surface area contributed by atoms with Gasteiger partial charge in [-0.3, -0.25) is 14.5 Å². The molecule has 0 saturated carbocycles. The monoisotopic (exact) mass is 463 g/mol. The smallest absolute Gasteiger partial charge is 0.278 e. The minimum atomic E-state index is -0.290. The summed E-state index contributed by atoms with van der Waals surface area (Å²) in [5, 5.41) is 3.25. The van der Waals surface area contributed by atoms with Crippen LogP contribution in [0.25, 0.3) is 5.57 Å². The molecule has 0 aromatic heterocycles. The van der Waals surface area contributed by atoms with Gasteiger partial charge in [0.25, 0.3) is 11.8 Å². The first-order valence-electron chi connectivity index (χ1n) is 12.2. The van der Waals surface area contributed by atoms with Crippen molar-refractivity contribution < 1.29 is 14.3 Å². The lowest BCUT2D eigenvalue weighted by Gasteiger charge is -2.21. The van der Waals surface area contributed by atoms with Crippen LogP contribution < -0.4 is 15.0 Å². The molecule has 0 atom stereocenters. The van der Waals surface area contributed by atoms with E-state index in [-0.39, 0.29) is 17.7 Å². The van der Waals surface area contributed by atoms with Crippen molar-refractivity contribution >= 4 is 28.8 Å². The van der Waals surface area contributed by atoms with Crippen molar-refractivity contribution in [3.63, 3.8) is 0 Å². The summed E-state index contributed by atoms with van der Waals surface area (Å²) >= 11 is 0. The van der Waals surface area contributed by atoms with E-state index in [1.54, 1.807) is 0 Å². The fourth-order valence-corrected chi connectivity index (χ4v) is 3.96. The number of amides is 2. The van der Waals surface area contributed by atoms with Gasteiger partial charge in [0.1, 0.15) is 11.4 Å². The molecule has 3 rings (SSSR count). The van der Waals surface area contributed by atoms with Gasteiger partial charge < -0.3 is 15.0 Å². The van der Waals surface area contributed by atoms with Gasteiger partial charge in [0.2, 0.25) is 0 Å². The second kappa shape index (κ2) is 11.2. The van der Waals surface area contributed by atoms with Crippen LogP contribution in [0.4, 0.5) is 11.4 Å². The molecule has 2 aromatic rings. The van der Waals surface area contributed by atoms with Crippen LogP contribution in [0, 0.1) is 11.8 Å². The zero-order chi connectivity index (χ0) is 24.8. The van der Waals surface area contributed by atoms with E-state index in [0.717, 1.165) is 30.2 Å². The lowest BCUT2D eigenvalue weighted by Crippen LogP contribution is -2.35. The Hall–Kier alpha value is -3.28. The van der Waals surface area contributed by atoms with Gasteiger partial charge in [-0.15, -0.1) is 0 Å². The van der Waals surface area contributed by atoms with Gasteiger partial charge in [0.15, 0.2) is 0 Å². The molecule has 0 bridgehead atoms. The van der Waals surface area contributed by atoms with E-state index in [9.17, 15) is 9.59 Å². The molecule has 0 fully saturated rings. The molecule has 1 aliphatic rings. The first-order chi connectivity index (χ1) is 16.2. The number of hydrogen-bond donors (Lipinski definition) is 1. The Labute approximate surface area is 203 Å². The maximum atomic E-state index is 13.3. The molecule has 6 nitrogen and oxygen atoms in total. The SMILES string of the molecule is CCN(CC)c1ccc(NC2=C(c3ccc(OCC(C)C)cc3)C(=O)N(CC(C)C)C2=O)cc1. The van der Waals surface area contributed by atoms with E-state index >= 15 is 0 Å². The number of nitrogens with one attached hydrogen (secondary N) is 1. The molecule has 0 spiro atoms. The first kappa shape index (κ1) is 25.3. The molecule has 0 saturated heterocycles. The van der Waals surface area contributed by atoms with E-state index in [0.29, 0.717) is 35.9 Å². The van der Waals surface area contributed by atoms with Crippen LogP contribution in [0.3, 0.4) is 0 Å². The summed E-state index contributed by atoms with van der Waals surface area (Å²) in [6.07, 6.45) is 0. The largest absolute Gasteiger partial charge is 0.493 e. The third kappa shape index (κ3) is 5.79. The van der Waals surface area contributed by atoms with Gasteiger partial charge in [-0.05, 0) is 67.6 Å². The fourth-order valence-electron chi connectivity index (χ4n) is 3.96. The Kier molecular flexibility index (Phi) is 8.37. The molecule has 2 aromatic carbocycles. The molecular formula is C28H37N3O3. The van der Waals surface area contributed by atoms with Crippen molar-refractivity contribution in [1.29, 1.82) is 0 Å². The van der Waals surface area contributed by atoms with Crippen LogP contribution in [0.1, 0.15) is 47.1 Å². The molecule has 34 heavy (non-hydrogen) atoms. The first-order valence-corrected chi connectivity index (χ1v) is 12.2. The number of ether oxygens (including phenoxy) is 1. The lowest BCUT2D eigenvalue weighted by atomic mass is 10.0. The fraction of sp³-hybridized carbons (Fsp3) is 0.429. The second-order valence-electron chi connectivity index (χ2n) is 9.44. The summed E-state index contributed by atoms with van der Waals surface area (Å²) in [7, 11) is 0. The highest BCUT2D eigenvalue weighted by molar-refractivity contribution is 6.36. The maximum Gasteiger partial charge on any atom is 0.278 e. The number of carbonyl (C=O) groups is 2. The number of imide groups is 1. The van der Waals surface area contributed by atoms with Gasteiger partial charge in [-0.2, -0.15) is 0 Å². The van der Waals surface area contributed by atoms with Crippen LogP contribution in [-0.2, 0) is 9.59 Å². The van der Waals surface area contributed by atoms with Gasteiger partial charge in [-0.1, -0.05) is 39.8 Å². The minimum Gasteiger partial charge on any atom is -0.493 e. The third-order valence-electron chi connectivity index (χ3n) is 5.71. The predicted octanol–water partition coefficient (Wildman–Crippen LogP) is 5.42. The highest BCUT2D eigenvalue weighted by Gasteiger charge is 2.39. The Morgan fingerprint density at radius 3 is 2.00 bits per heavy atom.